The topological polar surface area (TPSA) is 31.2 Å². The van der Waals surface area contributed by atoms with Crippen LogP contribution >= 0.6 is 0 Å². The van der Waals surface area contributed by atoms with Gasteiger partial charge in [-0.15, -0.1) is 0 Å². The maximum Gasteiger partial charge on any atom is 0.254 e. The summed E-state index contributed by atoms with van der Waals surface area (Å²) in [6.45, 7) is 6.60. The SMILES string of the molecule is CCC(C)c1cccn(CC2COC2)c1=O. The molecular formula is C13H19NO2. The van der Waals surface area contributed by atoms with Crippen molar-refractivity contribution in [1.29, 1.82) is 0 Å². The third-order valence-corrected chi connectivity index (χ3v) is 3.35. The van der Waals surface area contributed by atoms with E-state index < -0.39 is 0 Å². The molecule has 1 saturated heterocycles. The standard InChI is InChI=1S/C13H19NO2/c1-3-10(2)12-5-4-6-14(13(12)15)7-11-8-16-9-11/h4-6,10-11H,3,7-9H2,1-2H3. The van der Waals surface area contributed by atoms with Gasteiger partial charge >= 0.3 is 0 Å². The Morgan fingerprint density at radius 1 is 1.56 bits per heavy atom. The van der Waals surface area contributed by atoms with Gasteiger partial charge in [0.1, 0.15) is 0 Å². The van der Waals surface area contributed by atoms with E-state index >= 15 is 0 Å². The van der Waals surface area contributed by atoms with Crippen molar-refractivity contribution in [3.05, 3.63) is 34.2 Å². The van der Waals surface area contributed by atoms with E-state index in [1.54, 1.807) is 0 Å². The molecule has 0 radical (unpaired) electrons. The Labute approximate surface area is 96.0 Å². The average Bonchev–Trinajstić information content (AvgIpc) is 2.24. The van der Waals surface area contributed by atoms with Crippen molar-refractivity contribution in [3.63, 3.8) is 0 Å². The molecule has 16 heavy (non-hydrogen) atoms. The van der Waals surface area contributed by atoms with Crippen LogP contribution in [0.5, 0.6) is 0 Å². The maximum absolute atomic E-state index is 12.2. The first-order chi connectivity index (χ1) is 7.72. The minimum Gasteiger partial charge on any atom is -0.381 e. The Balaban J connectivity index is 2.21. The number of ether oxygens (including phenoxy) is 1. The van der Waals surface area contributed by atoms with Crippen LogP contribution in [0.2, 0.25) is 0 Å². The summed E-state index contributed by atoms with van der Waals surface area (Å²) in [6.07, 6.45) is 2.89. The van der Waals surface area contributed by atoms with Crippen molar-refractivity contribution in [2.45, 2.75) is 32.7 Å². The lowest BCUT2D eigenvalue weighted by atomic mass is 10.00. The zero-order valence-electron chi connectivity index (χ0n) is 9.98. The van der Waals surface area contributed by atoms with Gasteiger partial charge in [0.25, 0.3) is 5.56 Å². The summed E-state index contributed by atoms with van der Waals surface area (Å²) in [4.78, 5) is 12.2. The van der Waals surface area contributed by atoms with Crippen LogP contribution in [0.1, 0.15) is 31.7 Å². The molecule has 0 saturated carbocycles. The second-order valence-corrected chi connectivity index (χ2v) is 4.63. The van der Waals surface area contributed by atoms with Crippen molar-refractivity contribution in [3.8, 4) is 0 Å². The second-order valence-electron chi connectivity index (χ2n) is 4.63. The largest absolute Gasteiger partial charge is 0.381 e. The highest BCUT2D eigenvalue weighted by atomic mass is 16.5. The molecule has 0 N–H and O–H groups in total. The van der Waals surface area contributed by atoms with Crippen molar-refractivity contribution in [2.75, 3.05) is 13.2 Å². The van der Waals surface area contributed by atoms with Crippen LogP contribution in [-0.4, -0.2) is 17.8 Å². The van der Waals surface area contributed by atoms with Gasteiger partial charge in [0.2, 0.25) is 0 Å². The van der Waals surface area contributed by atoms with Gasteiger partial charge < -0.3 is 9.30 Å². The van der Waals surface area contributed by atoms with Crippen LogP contribution in [0.3, 0.4) is 0 Å². The van der Waals surface area contributed by atoms with Gasteiger partial charge in [0, 0.05) is 24.2 Å². The van der Waals surface area contributed by atoms with Crippen LogP contribution in [0.25, 0.3) is 0 Å². The fourth-order valence-electron chi connectivity index (χ4n) is 1.96. The zero-order chi connectivity index (χ0) is 11.5. The predicted molar refractivity (Wildman–Crippen MR) is 63.7 cm³/mol. The van der Waals surface area contributed by atoms with E-state index in [2.05, 4.69) is 13.8 Å². The number of aromatic nitrogens is 1. The van der Waals surface area contributed by atoms with E-state index in [0.29, 0.717) is 11.8 Å². The first kappa shape index (κ1) is 11.4. The van der Waals surface area contributed by atoms with E-state index in [9.17, 15) is 4.79 Å². The zero-order valence-corrected chi connectivity index (χ0v) is 9.98. The summed E-state index contributed by atoms with van der Waals surface area (Å²) >= 11 is 0. The van der Waals surface area contributed by atoms with Crippen molar-refractivity contribution >= 4 is 0 Å². The normalized spacial score (nSPS) is 18.1. The fourth-order valence-corrected chi connectivity index (χ4v) is 1.96. The summed E-state index contributed by atoms with van der Waals surface area (Å²) in [7, 11) is 0. The molecule has 1 aliphatic heterocycles. The first-order valence-corrected chi connectivity index (χ1v) is 5.99. The Morgan fingerprint density at radius 2 is 2.31 bits per heavy atom. The van der Waals surface area contributed by atoms with Crippen LogP contribution in [0.15, 0.2) is 23.1 Å². The van der Waals surface area contributed by atoms with Crippen LogP contribution in [0, 0.1) is 5.92 Å². The van der Waals surface area contributed by atoms with Crippen LogP contribution in [-0.2, 0) is 11.3 Å². The van der Waals surface area contributed by atoms with Crippen molar-refractivity contribution < 1.29 is 4.74 Å². The Bertz CT molecular complexity index is 407. The summed E-state index contributed by atoms with van der Waals surface area (Å²) in [6, 6.07) is 3.92. The van der Waals surface area contributed by atoms with E-state index in [0.717, 1.165) is 31.7 Å². The van der Waals surface area contributed by atoms with E-state index in [-0.39, 0.29) is 5.56 Å². The molecule has 3 nitrogen and oxygen atoms in total. The van der Waals surface area contributed by atoms with Gasteiger partial charge in [0.05, 0.1) is 13.2 Å². The number of hydrogen-bond donors (Lipinski definition) is 0. The minimum atomic E-state index is 0.170. The molecular weight excluding hydrogens is 202 g/mol. The van der Waals surface area contributed by atoms with Crippen LogP contribution < -0.4 is 5.56 Å². The van der Waals surface area contributed by atoms with Gasteiger partial charge in [-0.3, -0.25) is 4.79 Å². The molecule has 0 amide bonds. The molecule has 2 rings (SSSR count). The number of hydrogen-bond acceptors (Lipinski definition) is 2. The molecule has 3 heteroatoms. The van der Waals surface area contributed by atoms with Crippen molar-refractivity contribution in [1.82, 2.24) is 4.57 Å². The molecule has 88 valence electrons. The van der Waals surface area contributed by atoms with Gasteiger partial charge in [-0.05, 0) is 18.4 Å². The molecule has 0 aliphatic carbocycles. The molecule has 1 aromatic heterocycles. The summed E-state index contributed by atoms with van der Waals surface area (Å²) in [5, 5.41) is 0. The predicted octanol–water partition coefficient (Wildman–Crippen LogP) is 2.01. The van der Waals surface area contributed by atoms with E-state index in [1.165, 1.54) is 0 Å². The second kappa shape index (κ2) is 4.83. The number of nitrogens with zero attached hydrogens (tertiary/aromatic N) is 1. The summed E-state index contributed by atoms with van der Waals surface area (Å²) in [5.41, 5.74) is 1.11. The molecule has 0 bridgehead atoms. The maximum atomic E-state index is 12.2. The van der Waals surface area contributed by atoms with Crippen molar-refractivity contribution in [2.24, 2.45) is 5.92 Å². The highest BCUT2D eigenvalue weighted by molar-refractivity contribution is 5.15. The van der Waals surface area contributed by atoms with E-state index in [1.807, 2.05) is 22.9 Å². The quantitative estimate of drug-likeness (QED) is 0.778. The Hall–Kier alpha value is -1.09. The van der Waals surface area contributed by atoms with Gasteiger partial charge in [-0.25, -0.2) is 0 Å². The molecule has 1 fully saturated rings. The fraction of sp³-hybridized carbons (Fsp3) is 0.615. The number of pyridine rings is 1. The lowest BCUT2D eigenvalue weighted by Crippen LogP contribution is -2.35. The van der Waals surface area contributed by atoms with E-state index in [4.69, 9.17) is 4.74 Å². The lowest BCUT2D eigenvalue weighted by molar-refractivity contribution is -0.0398. The summed E-state index contributed by atoms with van der Waals surface area (Å²) in [5.74, 6) is 0.863. The minimum absolute atomic E-state index is 0.170. The average molecular weight is 221 g/mol. The van der Waals surface area contributed by atoms with Gasteiger partial charge in [0.15, 0.2) is 0 Å². The summed E-state index contributed by atoms with van der Waals surface area (Å²) < 4.78 is 6.96. The molecule has 1 unspecified atom stereocenters. The smallest absolute Gasteiger partial charge is 0.254 e. The molecule has 0 spiro atoms. The third kappa shape index (κ3) is 2.19. The molecule has 1 aromatic rings. The lowest BCUT2D eigenvalue weighted by Gasteiger charge is -2.26. The molecule has 0 aromatic carbocycles. The highest BCUT2D eigenvalue weighted by Crippen LogP contribution is 2.15. The van der Waals surface area contributed by atoms with Gasteiger partial charge in [-0.2, -0.15) is 0 Å². The third-order valence-electron chi connectivity index (χ3n) is 3.35. The molecule has 1 aliphatic rings. The number of rotatable bonds is 4. The Morgan fingerprint density at radius 3 is 2.88 bits per heavy atom. The highest BCUT2D eigenvalue weighted by Gasteiger charge is 2.20. The first-order valence-electron chi connectivity index (χ1n) is 5.99. The molecule has 1 atom stereocenters. The monoisotopic (exact) mass is 221 g/mol. The Kier molecular flexibility index (Phi) is 3.44. The molecule has 2 heterocycles. The van der Waals surface area contributed by atoms with Gasteiger partial charge in [-0.1, -0.05) is 19.9 Å². The van der Waals surface area contributed by atoms with Crippen LogP contribution in [0.4, 0.5) is 0 Å².